The van der Waals surface area contributed by atoms with Gasteiger partial charge in [-0.05, 0) is 45.8 Å². The second-order valence-corrected chi connectivity index (χ2v) is 6.59. The van der Waals surface area contributed by atoms with Gasteiger partial charge in [-0.1, -0.05) is 48.5 Å². The normalized spacial score (nSPS) is 10.2. The maximum absolute atomic E-state index is 11.4. The van der Waals surface area contributed by atoms with E-state index in [-0.39, 0.29) is 23.3 Å². The van der Waals surface area contributed by atoms with Crippen molar-refractivity contribution >= 4 is 33.4 Å². The molecule has 0 bridgehead atoms. The van der Waals surface area contributed by atoms with Crippen LogP contribution in [0.15, 0.2) is 72.8 Å². The molecule has 6 heteroatoms. The molecule has 2 amide bonds. The molecular formula is C24H22N2O4. The summed E-state index contributed by atoms with van der Waals surface area (Å²) < 4.78 is 0. The first-order valence-corrected chi connectivity index (χ1v) is 9.32. The van der Waals surface area contributed by atoms with E-state index in [0.717, 1.165) is 21.5 Å². The lowest BCUT2D eigenvalue weighted by Crippen LogP contribution is -2.17. The molecule has 0 atom stereocenters. The maximum Gasteiger partial charge on any atom is 0.254 e. The standard InChI is InChI=1S/2C12H11NO2/c2*1-13-12(15)10-6-8-4-2-3-5-9(8)7-11(10)14/h2*2-7,14H,1H3,(H,13,15). The second kappa shape index (κ2) is 8.96. The van der Waals surface area contributed by atoms with Gasteiger partial charge in [0.1, 0.15) is 11.5 Å². The Morgan fingerprint density at radius 1 is 0.600 bits per heavy atom. The van der Waals surface area contributed by atoms with Crippen molar-refractivity contribution in [2.24, 2.45) is 0 Å². The number of amides is 2. The molecule has 0 saturated heterocycles. The van der Waals surface area contributed by atoms with E-state index >= 15 is 0 Å². The zero-order valence-electron chi connectivity index (χ0n) is 16.6. The van der Waals surface area contributed by atoms with Gasteiger partial charge < -0.3 is 20.8 Å². The van der Waals surface area contributed by atoms with Crippen molar-refractivity contribution in [2.75, 3.05) is 14.1 Å². The highest BCUT2D eigenvalue weighted by Crippen LogP contribution is 2.25. The Bertz CT molecular complexity index is 1140. The van der Waals surface area contributed by atoms with E-state index in [1.165, 1.54) is 14.1 Å². The van der Waals surface area contributed by atoms with Crippen molar-refractivity contribution in [3.8, 4) is 11.5 Å². The van der Waals surface area contributed by atoms with E-state index in [0.29, 0.717) is 11.1 Å². The summed E-state index contributed by atoms with van der Waals surface area (Å²) in [6.07, 6.45) is 0. The lowest BCUT2D eigenvalue weighted by molar-refractivity contribution is 0.0952. The minimum atomic E-state index is -0.279. The molecule has 0 aliphatic rings. The molecule has 0 saturated carbocycles. The van der Waals surface area contributed by atoms with Crippen LogP contribution in [0, 0.1) is 0 Å². The number of phenolic OH excluding ortho intramolecular Hbond substituents is 2. The fraction of sp³-hybridized carbons (Fsp3) is 0.0833. The average molecular weight is 402 g/mol. The first-order valence-electron chi connectivity index (χ1n) is 9.32. The Morgan fingerprint density at radius 3 is 1.20 bits per heavy atom. The van der Waals surface area contributed by atoms with E-state index < -0.39 is 0 Å². The molecular weight excluding hydrogens is 380 g/mol. The van der Waals surface area contributed by atoms with Crippen LogP contribution in [0.25, 0.3) is 21.5 Å². The average Bonchev–Trinajstić information content (AvgIpc) is 2.77. The van der Waals surface area contributed by atoms with Crippen LogP contribution in [0.2, 0.25) is 0 Å². The zero-order chi connectivity index (χ0) is 21.7. The van der Waals surface area contributed by atoms with Crippen LogP contribution in [0.1, 0.15) is 20.7 Å². The highest BCUT2D eigenvalue weighted by molar-refractivity contribution is 6.02. The number of carbonyl (C=O) groups is 2. The molecule has 152 valence electrons. The minimum absolute atomic E-state index is 0.00745. The third-order valence-corrected chi connectivity index (χ3v) is 4.67. The third-order valence-electron chi connectivity index (χ3n) is 4.67. The summed E-state index contributed by atoms with van der Waals surface area (Å²) in [6.45, 7) is 0. The first-order chi connectivity index (χ1) is 14.4. The largest absolute Gasteiger partial charge is 0.507 e. The van der Waals surface area contributed by atoms with Crippen molar-refractivity contribution in [1.29, 1.82) is 0 Å². The number of rotatable bonds is 2. The SMILES string of the molecule is CNC(=O)c1cc2ccccc2cc1O.CNC(=O)c1cc2ccccc2cc1O. The van der Waals surface area contributed by atoms with Gasteiger partial charge in [-0.25, -0.2) is 0 Å². The number of fused-ring (bicyclic) bond motifs is 2. The lowest BCUT2D eigenvalue weighted by Gasteiger charge is -2.05. The quantitative estimate of drug-likeness (QED) is 0.410. The summed E-state index contributed by atoms with van der Waals surface area (Å²) in [4.78, 5) is 22.8. The fourth-order valence-electron chi connectivity index (χ4n) is 3.09. The van der Waals surface area contributed by atoms with Crippen LogP contribution in [-0.2, 0) is 0 Å². The van der Waals surface area contributed by atoms with Crippen molar-refractivity contribution in [3.05, 3.63) is 83.9 Å². The van der Waals surface area contributed by atoms with Crippen LogP contribution in [0.3, 0.4) is 0 Å². The van der Waals surface area contributed by atoms with Gasteiger partial charge >= 0.3 is 0 Å². The van der Waals surface area contributed by atoms with Crippen molar-refractivity contribution < 1.29 is 19.8 Å². The number of carbonyl (C=O) groups excluding carboxylic acids is 2. The predicted octanol–water partition coefficient (Wildman–Crippen LogP) is 3.81. The molecule has 30 heavy (non-hydrogen) atoms. The molecule has 0 spiro atoms. The van der Waals surface area contributed by atoms with Crippen molar-refractivity contribution in [3.63, 3.8) is 0 Å². The van der Waals surface area contributed by atoms with E-state index in [4.69, 9.17) is 0 Å². The Balaban J connectivity index is 0.000000171. The van der Waals surface area contributed by atoms with E-state index in [9.17, 15) is 19.8 Å². The lowest BCUT2D eigenvalue weighted by atomic mass is 10.1. The molecule has 4 rings (SSSR count). The molecule has 0 heterocycles. The van der Waals surface area contributed by atoms with Gasteiger partial charge in [0.2, 0.25) is 0 Å². The summed E-state index contributed by atoms with van der Waals surface area (Å²) in [6, 6.07) is 21.7. The molecule has 0 unspecified atom stereocenters. The zero-order valence-corrected chi connectivity index (χ0v) is 16.6. The van der Waals surface area contributed by atoms with Crippen LogP contribution < -0.4 is 10.6 Å². The Morgan fingerprint density at radius 2 is 0.900 bits per heavy atom. The molecule has 0 aliphatic carbocycles. The Hall–Kier alpha value is -4.06. The topological polar surface area (TPSA) is 98.7 Å². The number of hydrogen-bond donors (Lipinski definition) is 4. The summed E-state index contributed by atoms with van der Waals surface area (Å²) in [5.41, 5.74) is 0.604. The van der Waals surface area contributed by atoms with Crippen LogP contribution in [0.4, 0.5) is 0 Å². The van der Waals surface area contributed by atoms with Gasteiger partial charge in [0, 0.05) is 14.1 Å². The highest BCUT2D eigenvalue weighted by Gasteiger charge is 2.11. The molecule has 4 aromatic carbocycles. The first kappa shape index (κ1) is 20.7. The van der Waals surface area contributed by atoms with E-state index in [1.54, 1.807) is 24.3 Å². The number of hydrogen-bond acceptors (Lipinski definition) is 4. The van der Waals surface area contributed by atoms with Gasteiger partial charge in [-0.15, -0.1) is 0 Å². The molecule has 0 aliphatic heterocycles. The highest BCUT2D eigenvalue weighted by atomic mass is 16.3. The van der Waals surface area contributed by atoms with Gasteiger partial charge in [0.25, 0.3) is 11.8 Å². The Kier molecular flexibility index (Phi) is 6.17. The van der Waals surface area contributed by atoms with E-state index in [2.05, 4.69) is 10.6 Å². The van der Waals surface area contributed by atoms with Gasteiger partial charge in [0.05, 0.1) is 11.1 Å². The number of nitrogens with one attached hydrogen (secondary N) is 2. The molecule has 4 N–H and O–H groups in total. The Labute approximate surface area is 173 Å². The smallest absolute Gasteiger partial charge is 0.254 e. The summed E-state index contributed by atoms with van der Waals surface area (Å²) in [7, 11) is 3.08. The van der Waals surface area contributed by atoms with Gasteiger partial charge in [-0.3, -0.25) is 9.59 Å². The van der Waals surface area contributed by atoms with Crippen LogP contribution >= 0.6 is 0 Å². The predicted molar refractivity (Wildman–Crippen MR) is 118 cm³/mol. The summed E-state index contributed by atoms with van der Waals surface area (Å²) in [5.74, 6) is -0.544. The van der Waals surface area contributed by atoms with Crippen LogP contribution in [0.5, 0.6) is 11.5 Å². The van der Waals surface area contributed by atoms with Gasteiger partial charge in [-0.2, -0.15) is 0 Å². The molecule has 0 fully saturated rings. The van der Waals surface area contributed by atoms with Crippen LogP contribution in [-0.4, -0.2) is 36.1 Å². The summed E-state index contributed by atoms with van der Waals surface area (Å²) in [5, 5.41) is 28.0. The molecule has 0 radical (unpaired) electrons. The molecule has 4 aromatic rings. The van der Waals surface area contributed by atoms with E-state index in [1.807, 2.05) is 48.5 Å². The van der Waals surface area contributed by atoms with Crippen molar-refractivity contribution in [2.45, 2.75) is 0 Å². The second-order valence-electron chi connectivity index (χ2n) is 6.59. The van der Waals surface area contributed by atoms with Crippen molar-refractivity contribution in [1.82, 2.24) is 10.6 Å². The van der Waals surface area contributed by atoms with Gasteiger partial charge in [0.15, 0.2) is 0 Å². The monoisotopic (exact) mass is 402 g/mol. The molecule has 6 nitrogen and oxygen atoms in total. The maximum atomic E-state index is 11.4. The minimum Gasteiger partial charge on any atom is -0.507 e. The number of phenols is 2. The fourth-order valence-corrected chi connectivity index (χ4v) is 3.09. The molecule has 0 aromatic heterocycles. The number of benzene rings is 4. The third kappa shape index (κ3) is 4.33. The summed E-state index contributed by atoms with van der Waals surface area (Å²) >= 11 is 0. The number of aromatic hydroxyl groups is 2.